The number of nitrogens with one attached hydrogen (secondary N) is 1. The van der Waals surface area contributed by atoms with Crippen LogP contribution < -0.4 is 26.3 Å². The number of nitrogens with zero attached hydrogens (tertiary/aromatic N) is 4. The van der Waals surface area contributed by atoms with E-state index in [1.807, 2.05) is 6.08 Å². The number of hydrogen-bond acceptors (Lipinski definition) is 8. The molecule has 0 radical (unpaired) electrons. The fraction of sp³-hybridized carbons (Fsp3) is 0.211. The number of amides is 2. The van der Waals surface area contributed by atoms with Gasteiger partial charge in [0.15, 0.2) is 11.5 Å². The van der Waals surface area contributed by atoms with Gasteiger partial charge in [0, 0.05) is 16.5 Å². The smallest absolute Gasteiger partial charge is 0.352 e. The number of carbonyl (C=O) groups excluding carboxylic acids is 2. The first-order valence-electron chi connectivity index (χ1n) is 16.4. The molecule has 1 saturated carbocycles. The van der Waals surface area contributed by atoms with Crippen molar-refractivity contribution in [2.24, 2.45) is 5.92 Å². The molecule has 12 nitrogen and oxygen atoms in total. The molecule has 1 aromatic heterocycles. The van der Waals surface area contributed by atoms with Crippen LogP contribution in [0.5, 0.6) is 17.2 Å². The molecule has 1 saturated heterocycles. The number of phenolic OH excluding ortho intramolecular Hbond substituents is 1. The molecule has 1 aliphatic carbocycles. The molecule has 8 rings (SSSR count). The summed E-state index contributed by atoms with van der Waals surface area (Å²) in [5.41, 5.74) is 2.14. The largest absolute Gasteiger partial charge is 0.504 e. The van der Waals surface area contributed by atoms with E-state index in [0.717, 1.165) is 9.58 Å². The van der Waals surface area contributed by atoms with Crippen LogP contribution in [0.2, 0.25) is 10.0 Å². The van der Waals surface area contributed by atoms with Gasteiger partial charge in [-0.25, -0.2) is 23.5 Å². The van der Waals surface area contributed by atoms with Crippen molar-refractivity contribution >= 4 is 40.7 Å². The molecule has 2 fully saturated rings. The third kappa shape index (κ3) is 4.74. The third-order valence-corrected chi connectivity index (χ3v) is 11.0. The lowest BCUT2D eigenvalue weighted by Crippen LogP contribution is -2.53. The van der Waals surface area contributed by atoms with Gasteiger partial charge in [0.05, 0.1) is 54.5 Å². The number of rotatable bonds is 7. The van der Waals surface area contributed by atoms with Gasteiger partial charge in [-0.2, -0.15) is 5.01 Å². The van der Waals surface area contributed by atoms with Gasteiger partial charge in [0.2, 0.25) is 0 Å². The van der Waals surface area contributed by atoms with Gasteiger partial charge in [0.25, 0.3) is 11.8 Å². The van der Waals surface area contributed by atoms with E-state index in [2.05, 4.69) is 5.43 Å². The summed E-state index contributed by atoms with van der Waals surface area (Å²) in [6.07, 6.45) is 1.78. The summed E-state index contributed by atoms with van der Waals surface area (Å²) in [6, 6.07) is 24.2. The standard InChI is InChI=1S/C38H31Cl2N5O7/c1-51-24-14-11-21(12-15-24)38-27(34(47)44(35(38)48)41-29-16-13-22(39)19-28(29)40)20-30-25(32(38)26-9-6-10-31(52-2)33(26)46)17-18-42-36(49)43(37(50)45(30)42)23-7-4-3-5-8-23/h3-17,19,27,30,32,41,46H,18,20H2,1-2H3. The van der Waals surface area contributed by atoms with Crippen molar-refractivity contribution in [2.45, 2.75) is 30.3 Å². The quantitative estimate of drug-likeness (QED) is 0.166. The summed E-state index contributed by atoms with van der Waals surface area (Å²) in [7, 11) is 2.94. The third-order valence-electron chi connectivity index (χ3n) is 10.4. The number of allylic oxidation sites excluding steroid dienone is 2. The summed E-state index contributed by atoms with van der Waals surface area (Å²) in [5, 5.41) is 13.3. The lowest BCUT2D eigenvalue weighted by molar-refractivity contribution is -0.138. The Labute approximate surface area is 306 Å². The van der Waals surface area contributed by atoms with Crippen LogP contribution in [0.3, 0.4) is 0 Å². The van der Waals surface area contributed by atoms with Crippen LogP contribution in [-0.2, 0) is 21.5 Å². The predicted octanol–water partition coefficient (Wildman–Crippen LogP) is 5.45. The molecule has 3 aliphatic rings. The van der Waals surface area contributed by atoms with E-state index in [1.54, 1.807) is 84.9 Å². The highest BCUT2D eigenvalue weighted by atomic mass is 35.5. The van der Waals surface area contributed by atoms with Crippen molar-refractivity contribution < 1.29 is 24.2 Å². The van der Waals surface area contributed by atoms with Crippen LogP contribution in [0, 0.1) is 5.92 Å². The highest BCUT2D eigenvalue weighted by molar-refractivity contribution is 6.36. The van der Waals surface area contributed by atoms with Gasteiger partial charge in [0.1, 0.15) is 5.75 Å². The van der Waals surface area contributed by atoms with E-state index in [4.69, 9.17) is 32.7 Å². The van der Waals surface area contributed by atoms with E-state index in [0.29, 0.717) is 33.2 Å². The number of ether oxygens (including phenoxy) is 2. The second-order valence-corrected chi connectivity index (χ2v) is 13.7. The SMILES string of the molecule is COc1ccc(C23C(=O)N(Nc4ccc(Cl)cc4Cl)C(=O)C2CC2C(=CCn4c(=O)n(-c5ccccc5)c(=O)n42)C3c2cccc(OC)c2O)cc1. The molecular weight excluding hydrogens is 709 g/mol. The van der Waals surface area contributed by atoms with Gasteiger partial charge in [-0.15, -0.1) is 0 Å². The number of benzene rings is 4. The summed E-state index contributed by atoms with van der Waals surface area (Å²) in [4.78, 5) is 58.4. The number of phenols is 1. The first-order valence-corrected chi connectivity index (χ1v) is 17.2. The van der Waals surface area contributed by atoms with Crippen LogP contribution in [-0.4, -0.2) is 50.1 Å². The Morgan fingerprint density at radius 1 is 0.865 bits per heavy atom. The summed E-state index contributed by atoms with van der Waals surface area (Å²) >= 11 is 12.7. The van der Waals surface area contributed by atoms with Crippen molar-refractivity contribution in [3.63, 3.8) is 0 Å². The molecule has 5 aromatic rings. The van der Waals surface area contributed by atoms with Crippen molar-refractivity contribution in [1.29, 1.82) is 0 Å². The molecule has 2 amide bonds. The Balaban J connectivity index is 1.40. The number of para-hydroxylation sites is 2. The number of halogens is 2. The molecule has 0 spiro atoms. The van der Waals surface area contributed by atoms with Crippen LogP contribution in [0.25, 0.3) is 5.69 Å². The average molecular weight is 741 g/mol. The molecule has 2 aliphatic heterocycles. The van der Waals surface area contributed by atoms with E-state index < -0.39 is 46.5 Å². The van der Waals surface area contributed by atoms with Gasteiger partial charge in [-0.05, 0) is 66.1 Å². The first kappa shape index (κ1) is 33.4. The zero-order valence-electron chi connectivity index (χ0n) is 27.8. The van der Waals surface area contributed by atoms with Crippen molar-refractivity contribution in [3.8, 4) is 22.9 Å². The van der Waals surface area contributed by atoms with Gasteiger partial charge in [-0.3, -0.25) is 15.0 Å². The molecule has 14 heteroatoms. The molecule has 0 bridgehead atoms. The minimum Gasteiger partial charge on any atom is -0.504 e. The van der Waals surface area contributed by atoms with Gasteiger partial charge >= 0.3 is 11.4 Å². The number of hydrogen-bond donors (Lipinski definition) is 2. The van der Waals surface area contributed by atoms with E-state index in [9.17, 15) is 19.5 Å². The number of fused-ring (bicyclic) bond motifs is 4. The lowest BCUT2D eigenvalue weighted by atomic mass is 9.53. The van der Waals surface area contributed by atoms with Crippen LogP contribution >= 0.6 is 23.2 Å². The second kappa shape index (κ2) is 12.5. The first-order chi connectivity index (χ1) is 25.1. The molecule has 4 atom stereocenters. The molecular formula is C38H31Cl2N5O7. The highest BCUT2D eigenvalue weighted by Gasteiger charge is 2.69. The Morgan fingerprint density at radius 2 is 1.62 bits per heavy atom. The lowest BCUT2D eigenvalue weighted by Gasteiger charge is -2.49. The maximum absolute atomic E-state index is 15.4. The minimum absolute atomic E-state index is 0.00515. The number of hydrazine groups is 1. The predicted molar refractivity (Wildman–Crippen MR) is 194 cm³/mol. The highest BCUT2D eigenvalue weighted by Crippen LogP contribution is 2.63. The number of imide groups is 1. The fourth-order valence-electron chi connectivity index (χ4n) is 8.18. The number of anilines is 1. The Bertz CT molecular complexity index is 2420. The fourth-order valence-corrected chi connectivity index (χ4v) is 8.64. The van der Waals surface area contributed by atoms with Crippen LogP contribution in [0.15, 0.2) is 112 Å². The molecule has 3 heterocycles. The number of aromatic nitrogens is 3. The average Bonchev–Trinajstić information content (AvgIpc) is 3.54. The van der Waals surface area contributed by atoms with Crippen molar-refractivity contribution in [2.75, 3.05) is 19.6 Å². The normalized spacial score (nSPS) is 22.0. The van der Waals surface area contributed by atoms with Crippen molar-refractivity contribution in [3.05, 3.63) is 145 Å². The molecule has 264 valence electrons. The molecule has 4 unspecified atom stereocenters. The second-order valence-electron chi connectivity index (χ2n) is 12.8. The Hall–Kier alpha value is -5.72. The summed E-state index contributed by atoms with van der Waals surface area (Å²) < 4.78 is 14.8. The maximum Gasteiger partial charge on any atom is 0.352 e. The van der Waals surface area contributed by atoms with Crippen LogP contribution in [0.1, 0.15) is 29.5 Å². The summed E-state index contributed by atoms with van der Waals surface area (Å²) in [6.45, 7) is -0.00515. The van der Waals surface area contributed by atoms with Crippen molar-refractivity contribution in [1.82, 2.24) is 18.9 Å². The monoisotopic (exact) mass is 739 g/mol. The Morgan fingerprint density at radius 3 is 2.31 bits per heavy atom. The molecule has 4 aromatic carbocycles. The number of carbonyl (C=O) groups is 2. The number of methoxy groups -OCH3 is 2. The molecule has 52 heavy (non-hydrogen) atoms. The molecule has 2 N–H and O–H groups in total. The zero-order valence-corrected chi connectivity index (χ0v) is 29.3. The Kier molecular flexibility index (Phi) is 8.03. The van der Waals surface area contributed by atoms with Crippen LogP contribution in [0.4, 0.5) is 5.69 Å². The minimum atomic E-state index is -1.67. The van der Waals surface area contributed by atoms with E-state index in [-0.39, 0.29) is 35.2 Å². The van der Waals surface area contributed by atoms with Gasteiger partial charge in [-0.1, -0.05) is 71.7 Å². The maximum atomic E-state index is 15.4. The topological polar surface area (TPSA) is 137 Å². The van der Waals surface area contributed by atoms with E-state index >= 15 is 4.79 Å². The van der Waals surface area contributed by atoms with Gasteiger partial charge < -0.3 is 14.6 Å². The zero-order chi connectivity index (χ0) is 36.5. The number of aromatic hydroxyl groups is 1. The summed E-state index contributed by atoms with van der Waals surface area (Å²) in [5.74, 6) is -2.89. The van der Waals surface area contributed by atoms with E-state index in [1.165, 1.54) is 29.6 Å².